The quantitative estimate of drug-likeness (QED) is 0.498. The fourth-order valence-electron chi connectivity index (χ4n) is 5.34. The Morgan fingerprint density at radius 1 is 1.03 bits per heavy atom. The normalized spacial score (nSPS) is 15.1. The van der Waals surface area contributed by atoms with E-state index in [1.807, 2.05) is 18.2 Å². The topological polar surface area (TPSA) is 79.6 Å². The number of anilines is 2. The molecule has 176 valence electrons. The first kappa shape index (κ1) is 22.3. The Balaban J connectivity index is 1.27. The van der Waals surface area contributed by atoms with Crippen LogP contribution in [0.5, 0.6) is 0 Å². The molecule has 0 aromatic heterocycles. The minimum absolute atomic E-state index is 0.0502. The molecule has 0 saturated carbocycles. The maximum atomic E-state index is 12.7. The molecule has 1 aliphatic carbocycles. The number of fused-ring (bicyclic) bond motifs is 3. The van der Waals surface area contributed by atoms with E-state index in [0.29, 0.717) is 13.2 Å². The van der Waals surface area contributed by atoms with Crippen molar-refractivity contribution in [2.45, 2.75) is 26.3 Å². The Hall–Kier alpha value is -3.51. The van der Waals surface area contributed by atoms with Gasteiger partial charge in [0.2, 0.25) is 0 Å². The standard InChI is InChI=1S/C28H32N4O2/c1-18-20(15-26(29)19(2)27(18)32-13-11-30-12-14-32)16-31-28(33)34-17-25-23-9-5-3-7-21(23)22-8-4-6-10-24(22)25/h3-10,15,25,30H,11-14,16-17,29H2,1-2H3,(H,31,33). The SMILES string of the molecule is Cc1c(N)cc(CNC(=O)OCC2c3ccccc3-c3ccccc32)c(C)c1N1CCNCC1. The first-order valence-electron chi connectivity index (χ1n) is 12.0. The van der Waals surface area contributed by atoms with Crippen LogP contribution in [0.25, 0.3) is 11.1 Å². The van der Waals surface area contributed by atoms with E-state index in [-0.39, 0.29) is 5.92 Å². The van der Waals surface area contributed by atoms with Crippen molar-refractivity contribution < 1.29 is 9.53 Å². The van der Waals surface area contributed by atoms with E-state index in [4.69, 9.17) is 10.5 Å². The number of nitrogens with one attached hydrogen (secondary N) is 2. The van der Waals surface area contributed by atoms with Crippen LogP contribution in [0.3, 0.4) is 0 Å². The Labute approximate surface area is 201 Å². The molecule has 1 fully saturated rings. The molecular formula is C28H32N4O2. The van der Waals surface area contributed by atoms with Crippen LogP contribution in [-0.4, -0.2) is 38.9 Å². The third-order valence-electron chi connectivity index (χ3n) is 7.15. The van der Waals surface area contributed by atoms with Gasteiger partial charge in [-0.05, 0) is 58.9 Å². The van der Waals surface area contributed by atoms with E-state index >= 15 is 0 Å². The highest BCUT2D eigenvalue weighted by Gasteiger charge is 2.29. The molecule has 0 radical (unpaired) electrons. The Morgan fingerprint density at radius 3 is 2.29 bits per heavy atom. The molecule has 1 amide bonds. The van der Waals surface area contributed by atoms with Gasteiger partial charge in [0.25, 0.3) is 0 Å². The van der Waals surface area contributed by atoms with Crippen molar-refractivity contribution in [2.24, 2.45) is 0 Å². The summed E-state index contributed by atoms with van der Waals surface area (Å²) in [7, 11) is 0. The number of carbonyl (C=O) groups is 1. The highest BCUT2D eigenvalue weighted by molar-refractivity contribution is 5.79. The summed E-state index contributed by atoms with van der Waals surface area (Å²) < 4.78 is 5.70. The number of nitrogens with zero attached hydrogens (tertiary/aromatic N) is 1. The van der Waals surface area contributed by atoms with Crippen LogP contribution < -0.4 is 21.3 Å². The van der Waals surface area contributed by atoms with Crippen molar-refractivity contribution in [3.63, 3.8) is 0 Å². The fourth-order valence-corrected chi connectivity index (χ4v) is 5.34. The van der Waals surface area contributed by atoms with Gasteiger partial charge in [0.05, 0.1) is 0 Å². The van der Waals surface area contributed by atoms with Crippen molar-refractivity contribution >= 4 is 17.5 Å². The van der Waals surface area contributed by atoms with Crippen LogP contribution in [0.4, 0.5) is 16.2 Å². The summed E-state index contributed by atoms with van der Waals surface area (Å²) in [5, 5.41) is 6.34. The lowest BCUT2D eigenvalue weighted by molar-refractivity contribution is 0.142. The predicted molar refractivity (Wildman–Crippen MR) is 137 cm³/mol. The van der Waals surface area contributed by atoms with E-state index in [0.717, 1.165) is 48.6 Å². The number of piperazine rings is 1. The Kier molecular flexibility index (Phi) is 6.16. The summed E-state index contributed by atoms with van der Waals surface area (Å²) in [6.07, 6.45) is -0.413. The second-order valence-electron chi connectivity index (χ2n) is 9.14. The third kappa shape index (κ3) is 4.10. The van der Waals surface area contributed by atoms with Gasteiger partial charge in [0.15, 0.2) is 0 Å². The molecule has 6 nitrogen and oxygen atoms in total. The van der Waals surface area contributed by atoms with Crippen molar-refractivity contribution in [3.05, 3.63) is 82.4 Å². The number of hydrogen-bond donors (Lipinski definition) is 3. The molecule has 0 bridgehead atoms. The first-order valence-corrected chi connectivity index (χ1v) is 12.0. The number of carbonyl (C=O) groups excluding carboxylic acids is 1. The van der Waals surface area contributed by atoms with E-state index in [2.05, 4.69) is 65.8 Å². The lowest BCUT2D eigenvalue weighted by atomic mass is 9.98. The van der Waals surface area contributed by atoms with Crippen LogP contribution in [0.2, 0.25) is 0 Å². The molecule has 34 heavy (non-hydrogen) atoms. The molecule has 1 heterocycles. The van der Waals surface area contributed by atoms with Gasteiger partial charge in [-0.3, -0.25) is 0 Å². The highest BCUT2D eigenvalue weighted by atomic mass is 16.5. The molecule has 1 saturated heterocycles. The summed E-state index contributed by atoms with van der Waals surface area (Å²) in [5.74, 6) is 0.0502. The maximum Gasteiger partial charge on any atom is 0.407 e. The summed E-state index contributed by atoms with van der Waals surface area (Å²) >= 11 is 0. The summed E-state index contributed by atoms with van der Waals surface area (Å²) in [6.45, 7) is 8.69. The molecule has 0 spiro atoms. The molecule has 6 heteroatoms. The molecule has 0 unspecified atom stereocenters. The van der Waals surface area contributed by atoms with Gasteiger partial charge < -0.3 is 26.0 Å². The van der Waals surface area contributed by atoms with Crippen molar-refractivity contribution in [1.82, 2.24) is 10.6 Å². The summed E-state index contributed by atoms with van der Waals surface area (Å²) in [4.78, 5) is 15.0. The van der Waals surface area contributed by atoms with E-state index in [1.165, 1.54) is 27.9 Å². The molecule has 5 rings (SSSR count). The minimum Gasteiger partial charge on any atom is -0.449 e. The molecule has 3 aromatic rings. The number of nitrogen functional groups attached to an aromatic ring is 1. The summed E-state index contributed by atoms with van der Waals surface area (Å²) in [5.41, 5.74) is 16.4. The number of hydrogen-bond acceptors (Lipinski definition) is 5. The zero-order chi connectivity index (χ0) is 23.7. The molecule has 0 atom stereocenters. The molecule has 2 aliphatic rings. The smallest absolute Gasteiger partial charge is 0.407 e. The number of amides is 1. The van der Waals surface area contributed by atoms with Crippen molar-refractivity contribution in [3.8, 4) is 11.1 Å². The Morgan fingerprint density at radius 2 is 1.65 bits per heavy atom. The average Bonchev–Trinajstić information content (AvgIpc) is 3.18. The van der Waals surface area contributed by atoms with Gasteiger partial charge in [0, 0.05) is 50.0 Å². The predicted octanol–water partition coefficient (Wildman–Crippen LogP) is 4.33. The zero-order valence-corrected chi connectivity index (χ0v) is 19.9. The molecule has 3 aromatic carbocycles. The molecule has 1 aliphatic heterocycles. The van der Waals surface area contributed by atoms with Crippen LogP contribution in [0, 0.1) is 13.8 Å². The number of ether oxygens (including phenoxy) is 1. The molecule has 4 N–H and O–H groups in total. The van der Waals surface area contributed by atoms with E-state index in [1.54, 1.807) is 0 Å². The van der Waals surface area contributed by atoms with Crippen LogP contribution in [-0.2, 0) is 11.3 Å². The van der Waals surface area contributed by atoms with E-state index < -0.39 is 6.09 Å². The first-order chi connectivity index (χ1) is 16.5. The second kappa shape index (κ2) is 9.39. The maximum absolute atomic E-state index is 12.7. The van der Waals surface area contributed by atoms with Crippen molar-refractivity contribution in [1.29, 1.82) is 0 Å². The second-order valence-corrected chi connectivity index (χ2v) is 9.14. The average molecular weight is 457 g/mol. The number of nitrogens with two attached hydrogens (primary N) is 1. The number of alkyl carbamates (subject to hydrolysis) is 1. The number of benzene rings is 3. The van der Waals surface area contributed by atoms with Crippen LogP contribution in [0.15, 0.2) is 54.6 Å². The van der Waals surface area contributed by atoms with Crippen LogP contribution >= 0.6 is 0 Å². The molecular weight excluding hydrogens is 424 g/mol. The van der Waals surface area contributed by atoms with Gasteiger partial charge in [-0.25, -0.2) is 4.79 Å². The van der Waals surface area contributed by atoms with Gasteiger partial charge >= 0.3 is 6.09 Å². The minimum atomic E-state index is -0.413. The van der Waals surface area contributed by atoms with Gasteiger partial charge in [-0.15, -0.1) is 0 Å². The lowest BCUT2D eigenvalue weighted by Crippen LogP contribution is -2.44. The van der Waals surface area contributed by atoms with Gasteiger partial charge in [-0.1, -0.05) is 48.5 Å². The largest absolute Gasteiger partial charge is 0.449 e. The third-order valence-corrected chi connectivity index (χ3v) is 7.15. The zero-order valence-electron chi connectivity index (χ0n) is 19.9. The van der Waals surface area contributed by atoms with Crippen molar-refractivity contribution in [2.75, 3.05) is 43.4 Å². The highest BCUT2D eigenvalue weighted by Crippen LogP contribution is 2.44. The summed E-state index contributed by atoms with van der Waals surface area (Å²) in [6, 6.07) is 18.7. The van der Waals surface area contributed by atoms with E-state index in [9.17, 15) is 4.79 Å². The fraction of sp³-hybridized carbons (Fsp3) is 0.321. The Bertz CT molecular complexity index is 1170. The number of rotatable bonds is 5. The lowest BCUT2D eigenvalue weighted by Gasteiger charge is -2.33. The monoisotopic (exact) mass is 456 g/mol. The van der Waals surface area contributed by atoms with Gasteiger partial charge in [-0.2, -0.15) is 0 Å². The van der Waals surface area contributed by atoms with Gasteiger partial charge in [0.1, 0.15) is 6.61 Å². The van der Waals surface area contributed by atoms with Crippen LogP contribution in [0.1, 0.15) is 33.7 Å².